The van der Waals surface area contributed by atoms with Crippen molar-refractivity contribution in [3.63, 3.8) is 0 Å². The van der Waals surface area contributed by atoms with Crippen molar-refractivity contribution >= 4 is 29.1 Å². The Bertz CT molecular complexity index is 590. The van der Waals surface area contributed by atoms with E-state index in [0.29, 0.717) is 10.6 Å². The van der Waals surface area contributed by atoms with Gasteiger partial charge in [0.05, 0.1) is 0 Å². The van der Waals surface area contributed by atoms with Crippen LogP contribution in [0.5, 0.6) is 0 Å². The third-order valence-corrected chi connectivity index (χ3v) is 4.26. The summed E-state index contributed by atoms with van der Waals surface area (Å²) in [7, 11) is 0. The molecule has 0 aliphatic carbocycles. The van der Waals surface area contributed by atoms with Gasteiger partial charge in [-0.3, -0.25) is 4.79 Å². The molecule has 0 aromatic heterocycles. The van der Waals surface area contributed by atoms with Gasteiger partial charge in [-0.2, -0.15) is 0 Å². The summed E-state index contributed by atoms with van der Waals surface area (Å²) in [4.78, 5) is 25.7. The van der Waals surface area contributed by atoms with Gasteiger partial charge in [0, 0.05) is 24.2 Å². The van der Waals surface area contributed by atoms with Crippen molar-refractivity contribution < 1.29 is 14.3 Å². The lowest BCUT2D eigenvalue weighted by molar-refractivity contribution is -0.148. The Kier molecular flexibility index (Phi) is 6.66. The van der Waals surface area contributed by atoms with Crippen LogP contribution in [0, 0.1) is 0 Å². The van der Waals surface area contributed by atoms with Gasteiger partial charge < -0.3 is 9.64 Å². The number of carbonyl (C=O) groups is 2. The molecule has 1 aromatic rings. The van der Waals surface area contributed by atoms with E-state index in [1.54, 1.807) is 17.9 Å². The summed E-state index contributed by atoms with van der Waals surface area (Å²) in [5.41, 5.74) is 1.49. The molecule has 1 aliphatic rings. The molecule has 5 heteroatoms. The lowest BCUT2D eigenvalue weighted by Crippen LogP contribution is -2.35. The van der Waals surface area contributed by atoms with Crippen molar-refractivity contribution in [2.45, 2.75) is 32.6 Å². The molecule has 0 atom stereocenters. The van der Waals surface area contributed by atoms with Gasteiger partial charge in [0.15, 0.2) is 6.61 Å². The first-order chi connectivity index (χ1) is 11.1. The maximum Gasteiger partial charge on any atom is 0.331 e. The first-order valence-electron chi connectivity index (χ1n) is 7.95. The molecule has 1 saturated heterocycles. The number of likely N-dealkylation sites (tertiary alicyclic amines) is 1. The van der Waals surface area contributed by atoms with Crippen molar-refractivity contribution in [1.29, 1.82) is 0 Å². The first kappa shape index (κ1) is 17.5. The normalized spacial score (nSPS) is 15.9. The predicted octanol–water partition coefficient (Wildman–Crippen LogP) is 3.69. The Balaban J connectivity index is 1.88. The zero-order valence-corrected chi connectivity index (χ0v) is 14.1. The quantitative estimate of drug-likeness (QED) is 0.622. The topological polar surface area (TPSA) is 46.6 Å². The summed E-state index contributed by atoms with van der Waals surface area (Å²) in [5.74, 6) is -0.644. The number of rotatable bonds is 4. The second kappa shape index (κ2) is 8.73. The summed E-state index contributed by atoms with van der Waals surface area (Å²) in [6.07, 6.45) is 5.72. The summed E-state index contributed by atoms with van der Waals surface area (Å²) < 4.78 is 5.08. The van der Waals surface area contributed by atoms with Crippen LogP contribution in [0.2, 0.25) is 5.02 Å². The van der Waals surface area contributed by atoms with Crippen molar-refractivity contribution in [2.24, 2.45) is 0 Å². The van der Waals surface area contributed by atoms with E-state index in [4.69, 9.17) is 16.3 Å². The fourth-order valence-corrected chi connectivity index (χ4v) is 2.91. The van der Waals surface area contributed by atoms with E-state index in [-0.39, 0.29) is 12.5 Å². The highest BCUT2D eigenvalue weighted by molar-refractivity contribution is 6.32. The maximum atomic E-state index is 12.1. The number of nitrogens with zero attached hydrogens (tertiary/aromatic N) is 1. The number of allylic oxidation sites excluding steroid dienone is 1. The maximum absolute atomic E-state index is 12.1. The van der Waals surface area contributed by atoms with Crippen LogP contribution < -0.4 is 0 Å². The first-order valence-corrected chi connectivity index (χ1v) is 8.33. The lowest BCUT2D eigenvalue weighted by Gasteiger charge is -2.19. The highest BCUT2D eigenvalue weighted by atomic mass is 35.5. The molecule has 0 saturated carbocycles. The fraction of sp³-hybridized carbons (Fsp3) is 0.444. The number of halogens is 1. The SMILES string of the molecule is C/C(=C/C(=O)OCC(=O)N1CCCCCC1)c1ccccc1Cl. The molecule has 124 valence electrons. The average Bonchev–Trinajstić information content (AvgIpc) is 2.82. The number of hydrogen-bond acceptors (Lipinski definition) is 3. The van der Waals surface area contributed by atoms with Crippen LogP contribution in [-0.4, -0.2) is 36.5 Å². The molecule has 1 amide bonds. The molecule has 1 aromatic carbocycles. The highest BCUT2D eigenvalue weighted by Crippen LogP contribution is 2.23. The Hall–Kier alpha value is -1.81. The Morgan fingerprint density at radius 2 is 1.83 bits per heavy atom. The fourth-order valence-electron chi connectivity index (χ4n) is 2.62. The third kappa shape index (κ3) is 5.39. The van der Waals surface area contributed by atoms with Crippen LogP contribution in [0.3, 0.4) is 0 Å². The van der Waals surface area contributed by atoms with E-state index in [0.717, 1.165) is 44.3 Å². The number of ether oxygens (including phenoxy) is 1. The van der Waals surface area contributed by atoms with Gasteiger partial charge in [0.2, 0.25) is 0 Å². The zero-order valence-electron chi connectivity index (χ0n) is 13.4. The van der Waals surface area contributed by atoms with Gasteiger partial charge in [0.25, 0.3) is 5.91 Å². The molecule has 1 fully saturated rings. The monoisotopic (exact) mass is 335 g/mol. The van der Waals surface area contributed by atoms with Crippen LogP contribution in [0.15, 0.2) is 30.3 Å². The molecule has 1 heterocycles. The molecule has 0 radical (unpaired) electrons. The van der Waals surface area contributed by atoms with Gasteiger partial charge in [-0.25, -0.2) is 4.79 Å². The van der Waals surface area contributed by atoms with E-state index in [1.807, 2.05) is 18.2 Å². The van der Waals surface area contributed by atoms with E-state index < -0.39 is 5.97 Å². The minimum atomic E-state index is -0.523. The van der Waals surface area contributed by atoms with Gasteiger partial charge in [-0.05, 0) is 37.0 Å². The van der Waals surface area contributed by atoms with Crippen molar-refractivity contribution in [3.05, 3.63) is 40.9 Å². The van der Waals surface area contributed by atoms with Crippen molar-refractivity contribution in [3.8, 4) is 0 Å². The van der Waals surface area contributed by atoms with Gasteiger partial charge in [-0.15, -0.1) is 0 Å². The summed E-state index contributed by atoms with van der Waals surface area (Å²) in [6, 6.07) is 7.29. The van der Waals surface area contributed by atoms with Crippen LogP contribution in [0.25, 0.3) is 5.57 Å². The zero-order chi connectivity index (χ0) is 16.7. The largest absolute Gasteiger partial charge is 0.452 e. The molecule has 23 heavy (non-hydrogen) atoms. The smallest absolute Gasteiger partial charge is 0.331 e. The summed E-state index contributed by atoms with van der Waals surface area (Å²) in [5, 5.41) is 0.578. The van der Waals surface area contributed by atoms with Crippen LogP contribution in [-0.2, 0) is 14.3 Å². The highest BCUT2D eigenvalue weighted by Gasteiger charge is 2.16. The van der Waals surface area contributed by atoms with Gasteiger partial charge >= 0.3 is 5.97 Å². The Morgan fingerprint density at radius 1 is 1.17 bits per heavy atom. The van der Waals surface area contributed by atoms with E-state index >= 15 is 0 Å². The second-order valence-corrected chi connectivity index (χ2v) is 6.12. The molecule has 0 bridgehead atoms. The predicted molar refractivity (Wildman–Crippen MR) is 91.1 cm³/mol. The van der Waals surface area contributed by atoms with E-state index in [9.17, 15) is 9.59 Å². The number of benzene rings is 1. The van der Waals surface area contributed by atoms with Crippen LogP contribution in [0.4, 0.5) is 0 Å². The Labute approximate surface area is 142 Å². The standard InChI is InChI=1S/C18H22ClNO3/c1-14(15-8-4-5-9-16(15)19)12-18(22)23-13-17(21)20-10-6-2-3-7-11-20/h4-5,8-9,12H,2-3,6-7,10-11,13H2,1H3/b14-12-. The van der Waals surface area contributed by atoms with Gasteiger partial charge in [-0.1, -0.05) is 42.6 Å². The number of esters is 1. The van der Waals surface area contributed by atoms with Crippen molar-refractivity contribution in [2.75, 3.05) is 19.7 Å². The number of hydrogen-bond donors (Lipinski definition) is 0. The molecule has 0 spiro atoms. The second-order valence-electron chi connectivity index (χ2n) is 5.71. The van der Waals surface area contributed by atoms with Crippen LogP contribution in [0.1, 0.15) is 38.2 Å². The minimum absolute atomic E-state index is 0.121. The molecular formula is C18H22ClNO3. The Morgan fingerprint density at radius 3 is 2.48 bits per heavy atom. The summed E-state index contributed by atoms with van der Waals surface area (Å²) in [6.45, 7) is 3.10. The molecule has 2 rings (SSSR count). The summed E-state index contributed by atoms with van der Waals surface area (Å²) >= 11 is 6.09. The number of carbonyl (C=O) groups excluding carboxylic acids is 2. The van der Waals surface area contributed by atoms with E-state index in [2.05, 4.69) is 0 Å². The minimum Gasteiger partial charge on any atom is -0.452 e. The molecule has 0 N–H and O–H groups in total. The molecule has 1 aliphatic heterocycles. The molecular weight excluding hydrogens is 314 g/mol. The van der Waals surface area contributed by atoms with Gasteiger partial charge in [0.1, 0.15) is 0 Å². The number of amides is 1. The lowest BCUT2D eigenvalue weighted by atomic mass is 10.1. The third-order valence-electron chi connectivity index (χ3n) is 3.93. The van der Waals surface area contributed by atoms with E-state index in [1.165, 1.54) is 6.08 Å². The van der Waals surface area contributed by atoms with Crippen LogP contribution >= 0.6 is 11.6 Å². The van der Waals surface area contributed by atoms with Crippen molar-refractivity contribution in [1.82, 2.24) is 4.90 Å². The average molecular weight is 336 g/mol. The molecule has 0 unspecified atom stereocenters. The molecule has 4 nitrogen and oxygen atoms in total.